The van der Waals surface area contributed by atoms with E-state index in [-0.39, 0.29) is 25.0 Å². The number of nitrogen functional groups attached to an aromatic ring is 1. The Bertz CT molecular complexity index is 674. The summed E-state index contributed by atoms with van der Waals surface area (Å²) in [6, 6.07) is 8.18. The van der Waals surface area contributed by atoms with Crippen LogP contribution in [0.5, 0.6) is 6.01 Å². The van der Waals surface area contributed by atoms with E-state index in [1.54, 1.807) is 29.6 Å². The molecular formula is C14H13F3N4O2. The summed E-state index contributed by atoms with van der Waals surface area (Å²) in [5.74, 6) is -1.69. The van der Waals surface area contributed by atoms with E-state index in [4.69, 9.17) is 10.5 Å². The number of halogens is 3. The Morgan fingerprint density at radius 1 is 1.17 bits per heavy atom. The Kier molecular flexibility index (Phi) is 4.99. The van der Waals surface area contributed by atoms with Gasteiger partial charge in [0.15, 0.2) is 0 Å². The third-order valence-electron chi connectivity index (χ3n) is 2.76. The highest BCUT2D eigenvalue weighted by Crippen LogP contribution is 2.15. The fraction of sp³-hybridized carbons (Fsp3) is 0.214. The van der Waals surface area contributed by atoms with Crippen molar-refractivity contribution in [3.05, 3.63) is 47.7 Å². The minimum atomic E-state index is -4.88. The highest BCUT2D eigenvalue weighted by atomic mass is 19.4. The van der Waals surface area contributed by atoms with Crippen molar-refractivity contribution in [1.82, 2.24) is 15.3 Å². The van der Waals surface area contributed by atoms with Gasteiger partial charge in [0.2, 0.25) is 0 Å². The number of carbonyl (C=O) groups excluding carboxylic acids is 1. The first kappa shape index (κ1) is 16.5. The number of nitrogens with two attached hydrogens (primary N) is 1. The number of hydrogen-bond donors (Lipinski definition) is 2. The van der Waals surface area contributed by atoms with Gasteiger partial charge in [-0.15, -0.1) is 0 Å². The topological polar surface area (TPSA) is 90.1 Å². The second-order valence-electron chi connectivity index (χ2n) is 4.55. The van der Waals surface area contributed by atoms with Crippen LogP contribution < -0.4 is 15.8 Å². The van der Waals surface area contributed by atoms with Gasteiger partial charge in [0.05, 0.1) is 0 Å². The van der Waals surface area contributed by atoms with Gasteiger partial charge in [0.25, 0.3) is 0 Å². The van der Waals surface area contributed by atoms with E-state index in [1.165, 1.54) is 12.3 Å². The number of nitrogens with zero attached hydrogens (tertiary/aromatic N) is 2. The molecule has 6 nitrogen and oxygen atoms in total. The summed E-state index contributed by atoms with van der Waals surface area (Å²) in [6.45, 7) is -0.0313. The van der Waals surface area contributed by atoms with Gasteiger partial charge >= 0.3 is 18.1 Å². The van der Waals surface area contributed by atoms with E-state index in [1.807, 2.05) is 0 Å². The molecule has 0 aliphatic carbocycles. The second-order valence-corrected chi connectivity index (χ2v) is 4.55. The highest BCUT2D eigenvalue weighted by molar-refractivity contribution is 5.81. The first-order chi connectivity index (χ1) is 10.8. The zero-order valence-electron chi connectivity index (χ0n) is 11.8. The summed E-state index contributed by atoms with van der Waals surface area (Å²) in [5.41, 5.74) is 6.79. The van der Waals surface area contributed by atoms with Crippen LogP contribution in [0.1, 0.15) is 11.1 Å². The number of carbonyl (C=O) groups is 1. The van der Waals surface area contributed by atoms with Gasteiger partial charge in [-0.25, -0.2) is 4.98 Å². The van der Waals surface area contributed by atoms with Crippen LogP contribution in [0.15, 0.2) is 36.5 Å². The molecule has 0 spiro atoms. The van der Waals surface area contributed by atoms with Crippen LogP contribution in [0.4, 0.5) is 19.0 Å². The van der Waals surface area contributed by atoms with Crippen molar-refractivity contribution < 1.29 is 22.7 Å². The number of benzene rings is 1. The second kappa shape index (κ2) is 6.95. The Labute approximate surface area is 129 Å². The van der Waals surface area contributed by atoms with E-state index < -0.39 is 12.1 Å². The summed E-state index contributed by atoms with van der Waals surface area (Å²) >= 11 is 0. The Balaban J connectivity index is 1.86. The maximum atomic E-state index is 12.1. The van der Waals surface area contributed by atoms with Crippen LogP contribution in [-0.4, -0.2) is 22.1 Å². The number of alkyl halides is 3. The van der Waals surface area contributed by atoms with Crippen LogP contribution in [-0.2, 0) is 17.9 Å². The zero-order chi connectivity index (χ0) is 16.9. The van der Waals surface area contributed by atoms with Gasteiger partial charge in [-0.3, -0.25) is 4.79 Å². The fourth-order valence-corrected chi connectivity index (χ4v) is 1.61. The summed E-state index contributed by atoms with van der Waals surface area (Å²) in [7, 11) is 0. The molecule has 0 saturated heterocycles. The average Bonchev–Trinajstić information content (AvgIpc) is 2.51. The maximum Gasteiger partial charge on any atom is 0.471 e. The molecule has 1 amide bonds. The van der Waals surface area contributed by atoms with Gasteiger partial charge < -0.3 is 15.8 Å². The van der Waals surface area contributed by atoms with Crippen molar-refractivity contribution >= 4 is 11.7 Å². The van der Waals surface area contributed by atoms with Crippen molar-refractivity contribution in [2.24, 2.45) is 0 Å². The average molecular weight is 326 g/mol. The van der Waals surface area contributed by atoms with Gasteiger partial charge in [-0.05, 0) is 17.2 Å². The molecule has 1 aromatic heterocycles. The van der Waals surface area contributed by atoms with Gasteiger partial charge in [0.1, 0.15) is 12.4 Å². The molecule has 0 bridgehead atoms. The van der Waals surface area contributed by atoms with E-state index in [0.29, 0.717) is 5.56 Å². The van der Waals surface area contributed by atoms with Crippen molar-refractivity contribution in [1.29, 1.82) is 0 Å². The predicted octanol–water partition coefficient (Wildman–Crippen LogP) is 1.82. The standard InChI is InChI=1S/C14H13F3N4O2/c15-14(16,17)12(22)20-7-9-1-3-10(4-2-9)8-23-13-19-6-5-11(18)21-13/h1-6H,7-8H2,(H,20,22)(H2,18,19,21). The number of nitrogens with one attached hydrogen (secondary N) is 1. The summed E-state index contributed by atoms with van der Waals surface area (Å²) in [6.07, 6.45) is -3.42. The van der Waals surface area contributed by atoms with Gasteiger partial charge in [0, 0.05) is 12.7 Å². The molecule has 3 N–H and O–H groups in total. The molecule has 2 aromatic rings. The molecule has 1 heterocycles. The molecule has 1 aromatic carbocycles. The molecule has 23 heavy (non-hydrogen) atoms. The molecule has 0 unspecified atom stereocenters. The van der Waals surface area contributed by atoms with Crippen molar-refractivity contribution in [2.75, 3.05) is 5.73 Å². The molecule has 2 rings (SSSR count). The van der Waals surface area contributed by atoms with Crippen LogP contribution in [0.2, 0.25) is 0 Å². The molecule has 122 valence electrons. The summed E-state index contributed by atoms with van der Waals surface area (Å²) < 4.78 is 41.5. The van der Waals surface area contributed by atoms with E-state index in [9.17, 15) is 18.0 Å². The quantitative estimate of drug-likeness (QED) is 0.875. The third-order valence-corrected chi connectivity index (χ3v) is 2.76. The SMILES string of the molecule is Nc1ccnc(OCc2ccc(CNC(=O)C(F)(F)F)cc2)n1. The Morgan fingerprint density at radius 3 is 2.43 bits per heavy atom. The lowest BCUT2D eigenvalue weighted by molar-refractivity contribution is -0.173. The highest BCUT2D eigenvalue weighted by Gasteiger charge is 2.38. The van der Waals surface area contributed by atoms with Crippen LogP contribution in [0, 0.1) is 0 Å². The van der Waals surface area contributed by atoms with E-state index in [2.05, 4.69) is 9.97 Å². The molecule has 0 atom stereocenters. The van der Waals surface area contributed by atoms with Gasteiger partial charge in [-0.1, -0.05) is 24.3 Å². The zero-order valence-corrected chi connectivity index (χ0v) is 11.8. The third kappa shape index (κ3) is 5.13. The number of amides is 1. The first-order valence-electron chi connectivity index (χ1n) is 6.49. The minimum Gasteiger partial charge on any atom is -0.459 e. The molecule has 0 fully saturated rings. The lowest BCUT2D eigenvalue weighted by atomic mass is 10.1. The van der Waals surface area contributed by atoms with Gasteiger partial charge in [-0.2, -0.15) is 18.2 Å². The number of anilines is 1. The number of hydrogen-bond acceptors (Lipinski definition) is 5. The normalized spacial score (nSPS) is 11.1. The minimum absolute atomic E-state index is 0.131. The Morgan fingerprint density at radius 2 is 1.83 bits per heavy atom. The molecule has 0 aliphatic rings. The molecule has 0 saturated carbocycles. The smallest absolute Gasteiger partial charge is 0.459 e. The summed E-state index contributed by atoms with van der Waals surface area (Å²) in [4.78, 5) is 18.5. The van der Waals surface area contributed by atoms with E-state index >= 15 is 0 Å². The molecular weight excluding hydrogens is 313 g/mol. The molecule has 9 heteroatoms. The number of aromatic nitrogens is 2. The largest absolute Gasteiger partial charge is 0.471 e. The first-order valence-corrected chi connectivity index (χ1v) is 6.49. The Hall–Kier alpha value is -2.84. The maximum absolute atomic E-state index is 12.1. The number of ether oxygens (including phenoxy) is 1. The van der Waals surface area contributed by atoms with Crippen LogP contribution in [0.3, 0.4) is 0 Å². The monoisotopic (exact) mass is 326 g/mol. The van der Waals surface area contributed by atoms with Crippen LogP contribution in [0.25, 0.3) is 0 Å². The van der Waals surface area contributed by atoms with E-state index in [0.717, 1.165) is 5.56 Å². The summed E-state index contributed by atoms with van der Waals surface area (Å²) in [5, 5.41) is 1.79. The molecule has 0 radical (unpaired) electrons. The van der Waals surface area contributed by atoms with Crippen molar-refractivity contribution in [3.8, 4) is 6.01 Å². The fourth-order valence-electron chi connectivity index (χ4n) is 1.61. The predicted molar refractivity (Wildman–Crippen MR) is 75.1 cm³/mol. The lowest BCUT2D eigenvalue weighted by Gasteiger charge is -2.09. The number of rotatable bonds is 5. The van der Waals surface area contributed by atoms with Crippen molar-refractivity contribution in [2.45, 2.75) is 19.3 Å². The van der Waals surface area contributed by atoms with Crippen LogP contribution >= 0.6 is 0 Å². The lowest BCUT2D eigenvalue weighted by Crippen LogP contribution is -2.36. The van der Waals surface area contributed by atoms with Crippen molar-refractivity contribution in [3.63, 3.8) is 0 Å². The molecule has 0 aliphatic heterocycles.